The number of carbonyl (C=O) groups is 1. The number of likely N-dealkylation sites (tertiary alicyclic amines) is 1. The van der Waals surface area contributed by atoms with Crippen molar-refractivity contribution < 1.29 is 9.32 Å². The van der Waals surface area contributed by atoms with E-state index in [-0.39, 0.29) is 11.9 Å². The van der Waals surface area contributed by atoms with Crippen molar-refractivity contribution in [2.24, 2.45) is 0 Å². The molecule has 0 aromatic carbocycles. The quantitative estimate of drug-likeness (QED) is 0.783. The highest BCUT2D eigenvalue weighted by molar-refractivity contribution is 5.97. The molecule has 0 bridgehead atoms. The summed E-state index contributed by atoms with van der Waals surface area (Å²) in [6, 6.07) is 1.80. The summed E-state index contributed by atoms with van der Waals surface area (Å²) in [5, 5.41) is 4.65. The molecule has 22 heavy (non-hydrogen) atoms. The topological polar surface area (TPSA) is 87.9 Å². The fourth-order valence-corrected chi connectivity index (χ4v) is 2.98. The van der Waals surface area contributed by atoms with Crippen LogP contribution in [0.3, 0.4) is 0 Å². The van der Waals surface area contributed by atoms with Crippen molar-refractivity contribution in [3.63, 3.8) is 0 Å². The van der Waals surface area contributed by atoms with Crippen LogP contribution in [0.2, 0.25) is 0 Å². The molecule has 1 saturated heterocycles. The number of hydrogen-bond acceptors (Lipinski definition) is 5. The lowest BCUT2D eigenvalue weighted by molar-refractivity contribution is 0.0730. The van der Waals surface area contributed by atoms with E-state index >= 15 is 0 Å². The Morgan fingerprint density at radius 1 is 1.45 bits per heavy atom. The minimum Gasteiger partial charge on any atom is -0.347 e. The molecule has 7 nitrogen and oxygen atoms in total. The van der Waals surface area contributed by atoms with E-state index in [0.717, 1.165) is 36.3 Å². The van der Waals surface area contributed by atoms with Gasteiger partial charge in [-0.1, -0.05) is 5.16 Å². The summed E-state index contributed by atoms with van der Waals surface area (Å²) in [5.74, 6) is 0.801. The molecule has 1 aliphatic rings. The Bertz CT molecular complexity index is 824. The van der Waals surface area contributed by atoms with Gasteiger partial charge in [0.05, 0.1) is 22.7 Å². The summed E-state index contributed by atoms with van der Waals surface area (Å²) in [5.41, 5.74) is 1.75. The Hall–Kier alpha value is -2.70. The summed E-state index contributed by atoms with van der Waals surface area (Å²) < 4.78 is 5.09. The molecule has 4 heterocycles. The molecule has 112 valence electrons. The molecule has 1 fully saturated rings. The van der Waals surface area contributed by atoms with Crippen LogP contribution in [-0.2, 0) is 0 Å². The lowest BCUT2D eigenvalue weighted by atomic mass is 10.1. The van der Waals surface area contributed by atoms with Gasteiger partial charge in [-0.3, -0.25) is 4.79 Å². The number of rotatable bonds is 2. The first-order valence-electron chi connectivity index (χ1n) is 7.26. The number of nitrogens with one attached hydrogen (secondary N) is 1. The summed E-state index contributed by atoms with van der Waals surface area (Å²) in [7, 11) is 0. The number of carbonyl (C=O) groups excluding carboxylic acids is 1. The first-order chi connectivity index (χ1) is 10.7. The largest absolute Gasteiger partial charge is 0.347 e. The molecule has 0 radical (unpaired) electrons. The molecule has 0 saturated carbocycles. The first-order valence-corrected chi connectivity index (χ1v) is 7.26. The number of nitrogens with zero attached hydrogens (tertiary/aromatic N) is 4. The summed E-state index contributed by atoms with van der Waals surface area (Å²) >= 11 is 0. The van der Waals surface area contributed by atoms with Gasteiger partial charge < -0.3 is 14.4 Å². The number of H-pyrrole nitrogens is 1. The maximum absolute atomic E-state index is 12.8. The normalized spacial score (nSPS) is 18.2. The molecule has 1 N–H and O–H groups in total. The second-order valence-corrected chi connectivity index (χ2v) is 5.48. The minimum absolute atomic E-state index is 0.00164. The van der Waals surface area contributed by atoms with Gasteiger partial charge in [-0.2, -0.15) is 0 Å². The third-order valence-corrected chi connectivity index (χ3v) is 4.11. The van der Waals surface area contributed by atoms with Gasteiger partial charge in [-0.05, 0) is 25.8 Å². The van der Waals surface area contributed by atoms with Gasteiger partial charge in [0.1, 0.15) is 5.82 Å². The summed E-state index contributed by atoms with van der Waals surface area (Å²) in [4.78, 5) is 26.3. The Morgan fingerprint density at radius 3 is 3.18 bits per heavy atom. The van der Waals surface area contributed by atoms with Crippen LogP contribution in [0.5, 0.6) is 0 Å². The minimum atomic E-state index is -0.0334. The molecule has 1 unspecified atom stereocenters. The van der Waals surface area contributed by atoms with Crippen molar-refractivity contribution in [1.29, 1.82) is 0 Å². The second-order valence-electron chi connectivity index (χ2n) is 5.48. The molecular formula is C15H15N5O2. The predicted octanol–water partition coefficient (Wildman–Crippen LogP) is 2.23. The van der Waals surface area contributed by atoms with E-state index in [1.54, 1.807) is 24.7 Å². The van der Waals surface area contributed by atoms with Gasteiger partial charge in [0, 0.05) is 25.1 Å². The molecule has 3 aromatic rings. The summed E-state index contributed by atoms with van der Waals surface area (Å²) in [6.07, 6.45) is 6.93. The molecule has 1 atom stereocenters. The average molecular weight is 297 g/mol. The van der Waals surface area contributed by atoms with Crippen molar-refractivity contribution in [3.8, 4) is 0 Å². The Kier molecular flexibility index (Phi) is 2.92. The van der Waals surface area contributed by atoms with Crippen molar-refractivity contribution in [3.05, 3.63) is 41.7 Å². The van der Waals surface area contributed by atoms with Crippen LogP contribution in [0.25, 0.3) is 11.1 Å². The van der Waals surface area contributed by atoms with Crippen molar-refractivity contribution in [2.45, 2.75) is 25.8 Å². The average Bonchev–Trinajstić information content (AvgIpc) is 3.26. The number of aryl methyl sites for hydroxylation is 1. The van der Waals surface area contributed by atoms with E-state index in [4.69, 9.17) is 4.52 Å². The molecule has 4 rings (SSSR count). The van der Waals surface area contributed by atoms with Gasteiger partial charge >= 0.3 is 0 Å². The number of pyridine rings is 1. The number of imidazole rings is 1. The van der Waals surface area contributed by atoms with Crippen LogP contribution >= 0.6 is 0 Å². The third kappa shape index (κ3) is 1.97. The van der Waals surface area contributed by atoms with E-state index in [1.165, 1.54) is 0 Å². The standard InChI is InChI=1S/C15H15N5O2/c1-9-11-7-10(8-18-14(11)22-19-9)15(21)20-6-2-3-12(20)13-16-4-5-17-13/h4-5,7-8,12H,2-3,6H2,1H3,(H,16,17). The van der Waals surface area contributed by atoms with Crippen molar-refractivity contribution in [1.82, 2.24) is 25.0 Å². The summed E-state index contributed by atoms with van der Waals surface area (Å²) in [6.45, 7) is 2.56. The van der Waals surface area contributed by atoms with E-state index in [9.17, 15) is 4.79 Å². The number of fused-ring (bicyclic) bond motifs is 1. The maximum atomic E-state index is 12.8. The highest BCUT2D eigenvalue weighted by Crippen LogP contribution is 2.31. The highest BCUT2D eigenvalue weighted by Gasteiger charge is 2.32. The van der Waals surface area contributed by atoms with Gasteiger partial charge in [-0.25, -0.2) is 9.97 Å². The van der Waals surface area contributed by atoms with Gasteiger partial charge in [0.15, 0.2) is 0 Å². The lowest BCUT2D eigenvalue weighted by Crippen LogP contribution is -2.31. The fourth-order valence-electron chi connectivity index (χ4n) is 2.98. The lowest BCUT2D eigenvalue weighted by Gasteiger charge is -2.23. The van der Waals surface area contributed by atoms with E-state index < -0.39 is 0 Å². The SMILES string of the molecule is Cc1noc2ncc(C(=O)N3CCCC3c3ncc[nH]3)cc12. The van der Waals surface area contributed by atoms with Crippen LogP contribution in [0.1, 0.15) is 40.8 Å². The molecular weight excluding hydrogens is 282 g/mol. The molecule has 3 aromatic heterocycles. The number of aromatic amines is 1. The zero-order valence-corrected chi connectivity index (χ0v) is 12.1. The Labute approximate surface area is 126 Å². The van der Waals surface area contributed by atoms with Crippen molar-refractivity contribution >= 4 is 17.0 Å². The molecule has 7 heteroatoms. The van der Waals surface area contributed by atoms with E-state index in [2.05, 4.69) is 20.1 Å². The maximum Gasteiger partial charge on any atom is 0.257 e. The van der Waals surface area contributed by atoms with Gasteiger partial charge in [0.25, 0.3) is 11.6 Å². The Balaban J connectivity index is 1.68. The highest BCUT2D eigenvalue weighted by atomic mass is 16.5. The molecule has 1 amide bonds. The van der Waals surface area contributed by atoms with Crippen molar-refractivity contribution in [2.75, 3.05) is 6.54 Å². The zero-order valence-electron chi connectivity index (χ0n) is 12.1. The monoisotopic (exact) mass is 297 g/mol. The van der Waals surface area contributed by atoms with Crippen LogP contribution < -0.4 is 0 Å². The van der Waals surface area contributed by atoms with E-state index in [1.807, 2.05) is 11.8 Å². The predicted molar refractivity (Wildman–Crippen MR) is 78.1 cm³/mol. The van der Waals surface area contributed by atoms with Crippen LogP contribution in [0.4, 0.5) is 0 Å². The van der Waals surface area contributed by atoms with Crippen LogP contribution in [0.15, 0.2) is 29.2 Å². The third-order valence-electron chi connectivity index (χ3n) is 4.11. The molecule has 1 aliphatic heterocycles. The van der Waals surface area contributed by atoms with E-state index in [0.29, 0.717) is 11.3 Å². The first kappa shape index (κ1) is 13.0. The number of amides is 1. The molecule has 0 aliphatic carbocycles. The van der Waals surface area contributed by atoms with Crippen LogP contribution in [0, 0.1) is 6.92 Å². The molecule has 0 spiro atoms. The fraction of sp³-hybridized carbons (Fsp3) is 0.333. The number of hydrogen-bond donors (Lipinski definition) is 1. The second kappa shape index (κ2) is 4.94. The zero-order chi connectivity index (χ0) is 15.1. The smallest absolute Gasteiger partial charge is 0.257 e. The van der Waals surface area contributed by atoms with Gasteiger partial charge in [0.2, 0.25) is 0 Å². The van der Waals surface area contributed by atoms with Gasteiger partial charge in [-0.15, -0.1) is 0 Å². The Morgan fingerprint density at radius 2 is 2.36 bits per heavy atom. The van der Waals surface area contributed by atoms with Crippen LogP contribution in [-0.4, -0.2) is 37.5 Å². The number of aromatic nitrogens is 4.